The molecule has 1 nitrogen and oxygen atoms in total. The fourth-order valence-electron chi connectivity index (χ4n) is 2.02. The Hall–Kier alpha value is -1.06. The van der Waals surface area contributed by atoms with Gasteiger partial charge in [0.1, 0.15) is 4.60 Å². The van der Waals surface area contributed by atoms with Crippen molar-refractivity contribution in [3.8, 4) is 11.1 Å². The van der Waals surface area contributed by atoms with Crippen LogP contribution in [0, 0.1) is 0 Å². The van der Waals surface area contributed by atoms with Gasteiger partial charge in [-0.1, -0.05) is 36.4 Å². The fraction of sp³-hybridized carbons (Fsp3) is 0. The Bertz CT molecular complexity index is 671. The van der Waals surface area contributed by atoms with E-state index in [1.165, 1.54) is 16.6 Å². The summed E-state index contributed by atoms with van der Waals surface area (Å²) < 4.78 is 4.27. The van der Waals surface area contributed by atoms with E-state index in [1.54, 1.807) is 0 Å². The van der Waals surface area contributed by atoms with Crippen molar-refractivity contribution in [3.63, 3.8) is 0 Å². The molecule has 0 bridgehead atoms. The SMILES string of the molecule is Brc1c(-c2ccccc2)c2ccccn2c1Br. The molecule has 0 saturated carbocycles. The van der Waals surface area contributed by atoms with Crippen molar-refractivity contribution < 1.29 is 0 Å². The molecule has 17 heavy (non-hydrogen) atoms. The van der Waals surface area contributed by atoms with Crippen LogP contribution in [0.1, 0.15) is 0 Å². The van der Waals surface area contributed by atoms with Crippen LogP contribution in [0.3, 0.4) is 0 Å². The van der Waals surface area contributed by atoms with Crippen LogP contribution >= 0.6 is 31.9 Å². The fourth-order valence-corrected chi connectivity index (χ4v) is 3.15. The Morgan fingerprint density at radius 3 is 2.29 bits per heavy atom. The first-order valence-electron chi connectivity index (χ1n) is 5.28. The number of rotatable bonds is 1. The third-order valence-corrected chi connectivity index (χ3v) is 4.87. The second-order valence-corrected chi connectivity index (χ2v) is 5.35. The third-order valence-electron chi connectivity index (χ3n) is 2.79. The molecule has 0 unspecified atom stereocenters. The van der Waals surface area contributed by atoms with Gasteiger partial charge < -0.3 is 4.40 Å². The summed E-state index contributed by atoms with van der Waals surface area (Å²) in [5.74, 6) is 0. The van der Waals surface area contributed by atoms with Crippen LogP contribution in [0.15, 0.2) is 63.8 Å². The molecule has 3 rings (SSSR count). The van der Waals surface area contributed by atoms with Gasteiger partial charge in [-0.3, -0.25) is 0 Å². The molecule has 0 aliphatic rings. The number of fused-ring (bicyclic) bond motifs is 1. The zero-order valence-electron chi connectivity index (χ0n) is 8.90. The summed E-state index contributed by atoms with van der Waals surface area (Å²) in [6.45, 7) is 0. The third kappa shape index (κ3) is 1.74. The first-order valence-corrected chi connectivity index (χ1v) is 6.87. The van der Waals surface area contributed by atoms with Crippen LogP contribution in [-0.4, -0.2) is 4.40 Å². The molecule has 0 amide bonds. The smallest absolute Gasteiger partial charge is 0.104 e. The summed E-state index contributed by atoms with van der Waals surface area (Å²) >= 11 is 7.28. The van der Waals surface area contributed by atoms with Gasteiger partial charge in [-0.25, -0.2) is 0 Å². The van der Waals surface area contributed by atoms with Crippen LogP contribution in [0.25, 0.3) is 16.6 Å². The van der Waals surface area contributed by atoms with Gasteiger partial charge in [-0.2, -0.15) is 0 Å². The van der Waals surface area contributed by atoms with E-state index in [-0.39, 0.29) is 0 Å². The molecule has 0 atom stereocenters. The Morgan fingerprint density at radius 2 is 1.53 bits per heavy atom. The zero-order chi connectivity index (χ0) is 11.8. The number of aromatic nitrogens is 1. The van der Waals surface area contributed by atoms with Gasteiger partial charge in [0.05, 0.1) is 9.99 Å². The summed E-state index contributed by atoms with van der Waals surface area (Å²) in [5, 5.41) is 0. The molecule has 84 valence electrons. The molecule has 0 saturated heterocycles. The Morgan fingerprint density at radius 1 is 0.824 bits per heavy atom. The highest BCUT2D eigenvalue weighted by molar-refractivity contribution is 9.13. The zero-order valence-corrected chi connectivity index (χ0v) is 12.1. The number of nitrogens with zero attached hydrogens (tertiary/aromatic N) is 1. The normalized spacial score (nSPS) is 10.9. The molecule has 0 N–H and O–H groups in total. The molecule has 0 aliphatic heterocycles. The average molecular weight is 351 g/mol. The second kappa shape index (κ2) is 4.31. The van der Waals surface area contributed by atoms with Crippen molar-refractivity contribution in [1.82, 2.24) is 4.40 Å². The quantitative estimate of drug-likeness (QED) is 0.573. The molecular formula is C14H9Br2N. The predicted molar refractivity (Wildman–Crippen MR) is 78.2 cm³/mol. The maximum atomic E-state index is 3.66. The highest BCUT2D eigenvalue weighted by Gasteiger charge is 2.14. The lowest BCUT2D eigenvalue weighted by Gasteiger charge is -2.00. The maximum Gasteiger partial charge on any atom is 0.104 e. The molecule has 1 aromatic carbocycles. The summed E-state index contributed by atoms with van der Waals surface area (Å²) in [7, 11) is 0. The Kier molecular flexibility index (Phi) is 2.81. The molecule has 0 radical (unpaired) electrons. The molecule has 2 aromatic heterocycles. The minimum absolute atomic E-state index is 1.05. The number of pyridine rings is 1. The van der Waals surface area contributed by atoms with E-state index < -0.39 is 0 Å². The van der Waals surface area contributed by atoms with Gasteiger partial charge >= 0.3 is 0 Å². The van der Waals surface area contributed by atoms with Crippen LogP contribution in [0.2, 0.25) is 0 Å². The molecule has 3 heteroatoms. The summed E-state index contributed by atoms with van der Waals surface area (Å²) in [4.78, 5) is 0. The Labute approximate surface area is 116 Å². The van der Waals surface area contributed by atoms with Gasteiger partial charge in [-0.15, -0.1) is 0 Å². The molecule has 2 heterocycles. The van der Waals surface area contributed by atoms with E-state index in [0.29, 0.717) is 0 Å². The lowest BCUT2D eigenvalue weighted by atomic mass is 10.1. The van der Waals surface area contributed by atoms with E-state index >= 15 is 0 Å². The van der Waals surface area contributed by atoms with E-state index in [0.717, 1.165) is 9.08 Å². The van der Waals surface area contributed by atoms with E-state index in [4.69, 9.17) is 0 Å². The second-order valence-electron chi connectivity index (χ2n) is 3.80. The first kappa shape index (κ1) is 11.1. The summed E-state index contributed by atoms with van der Waals surface area (Å²) in [6, 6.07) is 16.6. The predicted octanol–water partition coefficient (Wildman–Crippen LogP) is 5.13. The minimum Gasteiger partial charge on any atom is -0.310 e. The Balaban J connectivity index is 2.41. The van der Waals surface area contributed by atoms with Gasteiger partial charge in [-0.05, 0) is 49.6 Å². The van der Waals surface area contributed by atoms with Crippen molar-refractivity contribution in [2.24, 2.45) is 0 Å². The number of benzene rings is 1. The topological polar surface area (TPSA) is 4.41 Å². The maximum absolute atomic E-state index is 3.66. The van der Waals surface area contributed by atoms with Crippen LogP contribution in [-0.2, 0) is 0 Å². The van der Waals surface area contributed by atoms with Crippen LogP contribution in [0.5, 0.6) is 0 Å². The van der Waals surface area contributed by atoms with E-state index in [1.807, 2.05) is 12.1 Å². The van der Waals surface area contributed by atoms with Crippen molar-refractivity contribution in [3.05, 3.63) is 63.8 Å². The highest BCUT2D eigenvalue weighted by atomic mass is 79.9. The standard InChI is InChI=1S/C14H9Br2N/c15-13-12(10-6-2-1-3-7-10)11-8-4-5-9-17(11)14(13)16/h1-9H. The number of hydrogen-bond acceptors (Lipinski definition) is 0. The summed E-state index contributed by atoms with van der Waals surface area (Å²) in [5.41, 5.74) is 3.63. The van der Waals surface area contributed by atoms with Crippen molar-refractivity contribution in [1.29, 1.82) is 0 Å². The lowest BCUT2D eigenvalue weighted by molar-refractivity contribution is 1.16. The molecule has 3 aromatic rings. The highest BCUT2D eigenvalue weighted by Crippen LogP contribution is 2.39. The monoisotopic (exact) mass is 349 g/mol. The number of hydrogen-bond donors (Lipinski definition) is 0. The summed E-state index contributed by atoms with van der Waals surface area (Å²) in [6.07, 6.45) is 2.05. The molecule has 0 aliphatic carbocycles. The molecule has 0 spiro atoms. The average Bonchev–Trinajstić information content (AvgIpc) is 2.64. The minimum atomic E-state index is 1.05. The van der Waals surface area contributed by atoms with Gasteiger partial charge in [0.15, 0.2) is 0 Å². The van der Waals surface area contributed by atoms with Gasteiger partial charge in [0, 0.05) is 11.8 Å². The van der Waals surface area contributed by atoms with Crippen molar-refractivity contribution >= 4 is 37.4 Å². The van der Waals surface area contributed by atoms with Gasteiger partial charge in [0.2, 0.25) is 0 Å². The molecule has 0 fully saturated rings. The van der Waals surface area contributed by atoms with E-state index in [9.17, 15) is 0 Å². The van der Waals surface area contributed by atoms with Crippen molar-refractivity contribution in [2.75, 3.05) is 0 Å². The largest absolute Gasteiger partial charge is 0.310 e. The van der Waals surface area contributed by atoms with Crippen LogP contribution < -0.4 is 0 Å². The van der Waals surface area contributed by atoms with Crippen molar-refractivity contribution in [2.45, 2.75) is 0 Å². The van der Waals surface area contributed by atoms with E-state index in [2.05, 4.69) is 78.9 Å². The lowest BCUT2D eigenvalue weighted by Crippen LogP contribution is -1.81. The number of halogens is 2. The van der Waals surface area contributed by atoms with Crippen LogP contribution in [0.4, 0.5) is 0 Å². The molecular weight excluding hydrogens is 342 g/mol. The first-order chi connectivity index (χ1) is 8.29. The van der Waals surface area contributed by atoms with Gasteiger partial charge in [0.25, 0.3) is 0 Å².